The Hall–Kier alpha value is -1.04. The molecule has 0 aromatic heterocycles. The van der Waals surface area contributed by atoms with Crippen molar-refractivity contribution in [1.82, 2.24) is 0 Å². The molecule has 0 aromatic rings. The summed E-state index contributed by atoms with van der Waals surface area (Å²) in [4.78, 5) is 11.3. The molecule has 90 valence electrons. The van der Waals surface area contributed by atoms with E-state index in [1.165, 1.54) is 25.7 Å². The van der Waals surface area contributed by atoms with Crippen LogP contribution < -0.4 is 5.73 Å². The molecule has 3 nitrogen and oxygen atoms in total. The van der Waals surface area contributed by atoms with Crippen molar-refractivity contribution in [2.24, 2.45) is 23.5 Å². The predicted octanol–water partition coefficient (Wildman–Crippen LogP) is 2.61. The molecule has 0 radical (unpaired) electrons. The number of hydrogen-bond donors (Lipinski definition) is 1. The number of amides is 1. The molecule has 1 fully saturated rings. The molecule has 2 atom stereocenters. The van der Waals surface area contributed by atoms with Gasteiger partial charge in [-0.25, -0.2) is 0 Å². The topological polar surface area (TPSA) is 66.9 Å². The lowest BCUT2D eigenvalue weighted by Crippen LogP contribution is -2.32. The second kappa shape index (κ2) is 6.52. The van der Waals surface area contributed by atoms with E-state index in [9.17, 15) is 4.79 Å². The molecule has 2 unspecified atom stereocenters. The predicted molar refractivity (Wildman–Crippen MR) is 63.3 cm³/mol. The minimum atomic E-state index is -0.590. The Morgan fingerprint density at radius 1 is 1.38 bits per heavy atom. The summed E-state index contributed by atoms with van der Waals surface area (Å²) in [6, 6.07) is 2.10. The number of carbonyl (C=O) groups is 1. The normalized spacial score (nSPS) is 21.8. The highest BCUT2D eigenvalue weighted by Crippen LogP contribution is 2.34. The molecule has 1 rings (SSSR count). The van der Waals surface area contributed by atoms with E-state index in [2.05, 4.69) is 13.0 Å². The third kappa shape index (κ3) is 3.23. The van der Waals surface area contributed by atoms with Crippen LogP contribution in [0.2, 0.25) is 0 Å². The first-order chi connectivity index (χ1) is 7.70. The van der Waals surface area contributed by atoms with Crippen molar-refractivity contribution in [3.63, 3.8) is 0 Å². The van der Waals surface area contributed by atoms with E-state index >= 15 is 0 Å². The average Bonchev–Trinajstić information content (AvgIpc) is 2.53. The number of carbonyl (C=O) groups excluding carboxylic acids is 1. The maximum atomic E-state index is 11.3. The van der Waals surface area contributed by atoms with Gasteiger partial charge < -0.3 is 5.73 Å². The first-order valence-electron chi connectivity index (χ1n) is 6.39. The van der Waals surface area contributed by atoms with Crippen molar-refractivity contribution in [3.8, 4) is 6.07 Å². The zero-order chi connectivity index (χ0) is 12.0. The number of hydrogen-bond acceptors (Lipinski definition) is 2. The monoisotopic (exact) mass is 222 g/mol. The highest BCUT2D eigenvalue weighted by Gasteiger charge is 2.31. The summed E-state index contributed by atoms with van der Waals surface area (Å²) >= 11 is 0. The van der Waals surface area contributed by atoms with Crippen LogP contribution in [-0.2, 0) is 4.79 Å². The number of nitrogens with two attached hydrogens (primary N) is 1. The van der Waals surface area contributed by atoms with Crippen LogP contribution in [0.1, 0.15) is 51.9 Å². The molecule has 0 aromatic carbocycles. The summed E-state index contributed by atoms with van der Waals surface area (Å²) < 4.78 is 0. The molecule has 0 saturated heterocycles. The lowest BCUT2D eigenvalue weighted by Gasteiger charge is -2.27. The molecule has 1 aliphatic rings. The Kier molecular flexibility index (Phi) is 5.31. The molecule has 3 heteroatoms. The van der Waals surface area contributed by atoms with Crippen molar-refractivity contribution < 1.29 is 4.79 Å². The van der Waals surface area contributed by atoms with Gasteiger partial charge in [0.2, 0.25) is 5.91 Å². The third-order valence-electron chi connectivity index (χ3n) is 3.85. The molecule has 0 bridgehead atoms. The Balaban J connectivity index is 2.71. The molecule has 0 spiro atoms. The number of nitrogens with zero attached hydrogens (tertiary/aromatic N) is 1. The van der Waals surface area contributed by atoms with Crippen molar-refractivity contribution in [2.45, 2.75) is 51.9 Å². The third-order valence-corrected chi connectivity index (χ3v) is 3.85. The highest BCUT2D eigenvalue weighted by molar-refractivity contribution is 5.79. The summed E-state index contributed by atoms with van der Waals surface area (Å²) in [7, 11) is 0. The Labute approximate surface area is 98.0 Å². The minimum absolute atomic E-state index is 0.167. The van der Waals surface area contributed by atoms with E-state index < -0.39 is 11.8 Å². The van der Waals surface area contributed by atoms with Gasteiger partial charge in [-0.1, -0.05) is 51.9 Å². The van der Waals surface area contributed by atoms with Crippen molar-refractivity contribution in [2.75, 3.05) is 0 Å². The molecule has 0 aliphatic heterocycles. The van der Waals surface area contributed by atoms with Gasteiger partial charge in [0.1, 0.15) is 5.92 Å². The van der Waals surface area contributed by atoms with Crippen LogP contribution in [0.15, 0.2) is 0 Å². The van der Waals surface area contributed by atoms with Gasteiger partial charge >= 0.3 is 0 Å². The van der Waals surface area contributed by atoms with Crippen LogP contribution in [0.3, 0.4) is 0 Å². The second-order valence-electron chi connectivity index (χ2n) is 4.83. The average molecular weight is 222 g/mol. The first-order valence-corrected chi connectivity index (χ1v) is 6.39. The minimum Gasteiger partial charge on any atom is -0.369 e. The molecule has 2 N–H and O–H groups in total. The fraction of sp³-hybridized carbons (Fsp3) is 0.846. The quantitative estimate of drug-likeness (QED) is 0.743. The summed E-state index contributed by atoms with van der Waals surface area (Å²) in [5.74, 6) is -0.350. The van der Waals surface area contributed by atoms with Crippen LogP contribution in [-0.4, -0.2) is 5.91 Å². The van der Waals surface area contributed by atoms with Crippen LogP contribution in [0.25, 0.3) is 0 Å². The van der Waals surface area contributed by atoms with Gasteiger partial charge in [-0.3, -0.25) is 4.79 Å². The van der Waals surface area contributed by atoms with Crippen LogP contribution in [0, 0.1) is 29.1 Å². The van der Waals surface area contributed by atoms with E-state index in [1.807, 2.05) is 0 Å². The number of rotatable bonds is 4. The van der Waals surface area contributed by atoms with E-state index in [-0.39, 0.29) is 5.92 Å². The summed E-state index contributed by atoms with van der Waals surface area (Å²) in [6.07, 6.45) is 8.25. The van der Waals surface area contributed by atoms with Gasteiger partial charge in [0.15, 0.2) is 0 Å². The molecule has 1 aliphatic carbocycles. The van der Waals surface area contributed by atoms with Gasteiger partial charge in [-0.2, -0.15) is 5.26 Å². The van der Waals surface area contributed by atoms with Gasteiger partial charge in [0, 0.05) is 0 Å². The maximum absolute atomic E-state index is 11.3. The molecular formula is C13H22N2O. The highest BCUT2D eigenvalue weighted by atomic mass is 16.1. The Morgan fingerprint density at radius 3 is 2.31 bits per heavy atom. The van der Waals surface area contributed by atoms with Crippen molar-refractivity contribution in [1.29, 1.82) is 5.26 Å². The van der Waals surface area contributed by atoms with E-state index in [0.29, 0.717) is 5.92 Å². The molecule has 1 saturated carbocycles. The largest absolute Gasteiger partial charge is 0.369 e. The van der Waals surface area contributed by atoms with E-state index in [4.69, 9.17) is 11.0 Å². The van der Waals surface area contributed by atoms with Gasteiger partial charge in [-0.05, 0) is 11.8 Å². The zero-order valence-electron chi connectivity index (χ0n) is 10.1. The fourth-order valence-corrected chi connectivity index (χ4v) is 2.95. The lowest BCUT2D eigenvalue weighted by molar-refractivity contribution is -0.122. The fourth-order valence-electron chi connectivity index (χ4n) is 2.95. The number of nitriles is 1. The molecule has 1 amide bonds. The zero-order valence-corrected chi connectivity index (χ0v) is 10.1. The van der Waals surface area contributed by atoms with Crippen molar-refractivity contribution >= 4 is 5.91 Å². The lowest BCUT2D eigenvalue weighted by atomic mass is 9.76. The Morgan fingerprint density at radius 2 is 1.94 bits per heavy atom. The summed E-state index contributed by atoms with van der Waals surface area (Å²) in [5.41, 5.74) is 5.31. The SMILES string of the molecule is CCC(C1CCCCCC1)C(C#N)C(N)=O. The summed E-state index contributed by atoms with van der Waals surface area (Å²) in [5, 5.41) is 9.05. The maximum Gasteiger partial charge on any atom is 0.235 e. The van der Waals surface area contributed by atoms with Crippen LogP contribution in [0.4, 0.5) is 0 Å². The molecular weight excluding hydrogens is 200 g/mol. The molecule has 16 heavy (non-hydrogen) atoms. The first kappa shape index (κ1) is 13.0. The molecule has 0 heterocycles. The van der Waals surface area contributed by atoms with E-state index in [1.54, 1.807) is 0 Å². The summed E-state index contributed by atoms with van der Waals surface area (Å²) in [6.45, 7) is 2.06. The van der Waals surface area contributed by atoms with E-state index in [0.717, 1.165) is 19.3 Å². The van der Waals surface area contributed by atoms with Gasteiger partial charge in [0.05, 0.1) is 6.07 Å². The van der Waals surface area contributed by atoms with Crippen LogP contribution in [0.5, 0.6) is 0 Å². The standard InChI is InChI=1S/C13H22N2O/c1-2-11(12(9-14)13(15)16)10-7-5-3-4-6-8-10/h10-12H,2-8H2,1H3,(H2,15,16). The Bertz CT molecular complexity index is 262. The van der Waals surface area contributed by atoms with Crippen molar-refractivity contribution in [3.05, 3.63) is 0 Å². The smallest absolute Gasteiger partial charge is 0.235 e. The van der Waals surface area contributed by atoms with Gasteiger partial charge in [-0.15, -0.1) is 0 Å². The second-order valence-corrected chi connectivity index (χ2v) is 4.83. The number of primary amides is 1. The van der Waals surface area contributed by atoms with Crippen LogP contribution >= 0.6 is 0 Å². The van der Waals surface area contributed by atoms with Gasteiger partial charge in [0.25, 0.3) is 0 Å².